The summed E-state index contributed by atoms with van der Waals surface area (Å²) in [6.07, 6.45) is 0.880. The van der Waals surface area contributed by atoms with E-state index in [-0.39, 0.29) is 23.0 Å². The molecule has 1 aromatic carbocycles. The molecule has 114 valence electrons. The molecule has 21 heavy (non-hydrogen) atoms. The molecule has 0 saturated carbocycles. The first-order valence-corrected chi connectivity index (χ1v) is 6.78. The van der Waals surface area contributed by atoms with Crippen LogP contribution in [0.25, 0.3) is 0 Å². The van der Waals surface area contributed by atoms with E-state index in [1.165, 1.54) is 12.1 Å². The molecule has 0 bridgehead atoms. The van der Waals surface area contributed by atoms with Gasteiger partial charge in [-0.3, -0.25) is 0 Å². The lowest BCUT2D eigenvalue weighted by atomic mass is 10.1. The fourth-order valence-corrected chi connectivity index (χ4v) is 2.26. The second-order valence-electron chi connectivity index (χ2n) is 5.11. The minimum Gasteiger partial charge on any atom is -0.508 e. The lowest BCUT2D eigenvalue weighted by Crippen LogP contribution is -2.37. The van der Waals surface area contributed by atoms with Gasteiger partial charge in [-0.1, -0.05) is 0 Å². The third kappa shape index (κ3) is 3.85. The Labute approximate surface area is 122 Å². The van der Waals surface area contributed by atoms with Crippen molar-refractivity contribution in [1.29, 1.82) is 0 Å². The highest BCUT2D eigenvalue weighted by Gasteiger charge is 2.19. The molecule has 1 fully saturated rings. The molecule has 1 aliphatic rings. The van der Waals surface area contributed by atoms with E-state index in [9.17, 15) is 14.7 Å². The van der Waals surface area contributed by atoms with Crippen LogP contribution in [0.1, 0.15) is 16.8 Å². The Morgan fingerprint density at radius 3 is 2.67 bits per heavy atom. The van der Waals surface area contributed by atoms with Crippen molar-refractivity contribution in [3.8, 4) is 5.75 Å². The van der Waals surface area contributed by atoms with Crippen molar-refractivity contribution in [3.63, 3.8) is 0 Å². The van der Waals surface area contributed by atoms with Gasteiger partial charge in [-0.15, -0.1) is 0 Å². The summed E-state index contributed by atoms with van der Waals surface area (Å²) in [5.74, 6) is -1.35. The number of rotatable bonds is 2. The van der Waals surface area contributed by atoms with Gasteiger partial charge in [0.2, 0.25) is 0 Å². The van der Waals surface area contributed by atoms with Gasteiger partial charge in [-0.25, -0.2) is 9.59 Å². The predicted molar refractivity (Wildman–Crippen MR) is 77.8 cm³/mol. The Balaban J connectivity index is 2.10. The number of amides is 2. The number of anilines is 1. The van der Waals surface area contributed by atoms with Gasteiger partial charge >= 0.3 is 12.0 Å². The molecule has 1 aromatic rings. The fourth-order valence-electron chi connectivity index (χ4n) is 2.26. The van der Waals surface area contributed by atoms with Gasteiger partial charge < -0.3 is 25.3 Å². The van der Waals surface area contributed by atoms with E-state index < -0.39 is 5.97 Å². The molecule has 7 heteroatoms. The summed E-state index contributed by atoms with van der Waals surface area (Å²) in [4.78, 5) is 27.2. The number of hydrogen-bond acceptors (Lipinski definition) is 4. The van der Waals surface area contributed by atoms with Gasteiger partial charge in [0.25, 0.3) is 0 Å². The second kappa shape index (κ2) is 6.45. The van der Waals surface area contributed by atoms with Crippen LogP contribution in [0, 0.1) is 0 Å². The Bertz CT molecular complexity index is 547. The van der Waals surface area contributed by atoms with Gasteiger partial charge in [0.05, 0.1) is 11.3 Å². The minimum absolute atomic E-state index is 0.129. The molecule has 1 heterocycles. The maximum atomic E-state index is 12.2. The molecule has 7 nitrogen and oxygen atoms in total. The number of urea groups is 1. The Hall–Kier alpha value is -2.28. The number of phenolic OH excluding ortho intramolecular Hbond substituents is 1. The molecule has 0 aromatic heterocycles. The zero-order valence-corrected chi connectivity index (χ0v) is 11.9. The maximum Gasteiger partial charge on any atom is 0.337 e. The summed E-state index contributed by atoms with van der Waals surface area (Å²) < 4.78 is 0. The number of carboxylic acids is 1. The Kier molecular flexibility index (Phi) is 4.64. The van der Waals surface area contributed by atoms with Gasteiger partial charge in [-0.2, -0.15) is 0 Å². The fraction of sp³-hybridized carbons (Fsp3) is 0.429. The van der Waals surface area contributed by atoms with Crippen LogP contribution in [-0.4, -0.2) is 65.2 Å². The number of nitrogens with one attached hydrogen (secondary N) is 1. The SMILES string of the molecule is CN1CCCN(C(=O)Nc2ccc(O)cc2C(=O)O)CC1. The van der Waals surface area contributed by atoms with E-state index in [4.69, 9.17) is 5.11 Å². The molecule has 0 atom stereocenters. The topological polar surface area (TPSA) is 93.1 Å². The van der Waals surface area contributed by atoms with E-state index in [1.807, 2.05) is 7.05 Å². The molecule has 0 aliphatic carbocycles. The molecule has 0 radical (unpaired) electrons. The number of likely N-dealkylation sites (N-methyl/N-ethyl adjacent to an activating group) is 1. The Morgan fingerprint density at radius 2 is 1.95 bits per heavy atom. The van der Waals surface area contributed by atoms with Crippen molar-refractivity contribution in [1.82, 2.24) is 9.80 Å². The van der Waals surface area contributed by atoms with Crippen LogP contribution in [0.5, 0.6) is 5.75 Å². The molecule has 1 aliphatic heterocycles. The molecule has 2 amide bonds. The van der Waals surface area contributed by atoms with Crippen LogP contribution in [-0.2, 0) is 0 Å². The van der Waals surface area contributed by atoms with Crippen molar-refractivity contribution in [2.45, 2.75) is 6.42 Å². The van der Waals surface area contributed by atoms with Crippen LogP contribution in [0.4, 0.5) is 10.5 Å². The van der Waals surface area contributed by atoms with E-state index in [0.29, 0.717) is 13.1 Å². The highest BCUT2D eigenvalue weighted by atomic mass is 16.4. The average Bonchev–Trinajstić information content (AvgIpc) is 2.65. The predicted octanol–water partition coefficient (Wildman–Crippen LogP) is 1.26. The molecule has 1 saturated heterocycles. The molecular weight excluding hydrogens is 274 g/mol. The first kappa shape index (κ1) is 15.1. The van der Waals surface area contributed by atoms with E-state index in [1.54, 1.807) is 4.90 Å². The number of nitrogens with zero attached hydrogens (tertiary/aromatic N) is 2. The van der Waals surface area contributed by atoms with Crippen molar-refractivity contribution in [2.24, 2.45) is 0 Å². The van der Waals surface area contributed by atoms with Crippen LogP contribution in [0.2, 0.25) is 0 Å². The number of aromatic carboxylic acids is 1. The van der Waals surface area contributed by atoms with Crippen LogP contribution in [0.15, 0.2) is 18.2 Å². The zero-order valence-electron chi connectivity index (χ0n) is 11.9. The minimum atomic E-state index is -1.20. The lowest BCUT2D eigenvalue weighted by Gasteiger charge is -2.21. The van der Waals surface area contributed by atoms with Crippen LogP contribution < -0.4 is 5.32 Å². The van der Waals surface area contributed by atoms with Gasteiger partial charge in [0, 0.05) is 19.6 Å². The summed E-state index contributed by atoms with van der Waals surface area (Å²) in [6.45, 7) is 2.96. The third-order valence-electron chi connectivity index (χ3n) is 3.48. The highest BCUT2D eigenvalue weighted by Crippen LogP contribution is 2.21. The monoisotopic (exact) mass is 293 g/mol. The first-order chi connectivity index (χ1) is 9.97. The lowest BCUT2D eigenvalue weighted by molar-refractivity contribution is 0.0697. The number of phenols is 1. The van der Waals surface area contributed by atoms with Gasteiger partial charge in [0.1, 0.15) is 5.75 Å². The number of carbonyl (C=O) groups excluding carboxylic acids is 1. The van der Waals surface area contributed by atoms with E-state index in [0.717, 1.165) is 25.6 Å². The molecule has 2 rings (SSSR count). The summed E-state index contributed by atoms with van der Waals surface area (Å²) in [6, 6.07) is 3.53. The molecule has 0 unspecified atom stereocenters. The average molecular weight is 293 g/mol. The first-order valence-electron chi connectivity index (χ1n) is 6.78. The summed E-state index contributed by atoms with van der Waals surface area (Å²) >= 11 is 0. The number of hydrogen-bond donors (Lipinski definition) is 3. The molecule has 0 spiro atoms. The van der Waals surface area contributed by atoms with Gasteiger partial charge in [0.15, 0.2) is 0 Å². The van der Waals surface area contributed by atoms with Crippen molar-refractivity contribution in [3.05, 3.63) is 23.8 Å². The number of carbonyl (C=O) groups is 2. The normalized spacial score (nSPS) is 16.3. The standard InChI is InChI=1S/C14H19N3O4/c1-16-5-2-6-17(8-7-16)14(21)15-12-4-3-10(18)9-11(12)13(19)20/h3-4,9,18H,2,5-8H2,1H3,(H,15,21)(H,19,20). The third-order valence-corrected chi connectivity index (χ3v) is 3.48. The maximum absolute atomic E-state index is 12.2. The number of carboxylic acid groups (broad SMARTS) is 1. The van der Waals surface area contributed by atoms with E-state index >= 15 is 0 Å². The van der Waals surface area contributed by atoms with Crippen molar-refractivity contribution < 1.29 is 19.8 Å². The second-order valence-corrected chi connectivity index (χ2v) is 5.11. The summed E-state index contributed by atoms with van der Waals surface area (Å²) in [5.41, 5.74) is 0.0539. The smallest absolute Gasteiger partial charge is 0.337 e. The van der Waals surface area contributed by atoms with Crippen LogP contribution >= 0.6 is 0 Å². The highest BCUT2D eigenvalue weighted by molar-refractivity contribution is 6.00. The van der Waals surface area contributed by atoms with E-state index in [2.05, 4.69) is 10.2 Å². The van der Waals surface area contributed by atoms with Gasteiger partial charge in [-0.05, 0) is 38.2 Å². The molecular formula is C14H19N3O4. The van der Waals surface area contributed by atoms with Crippen molar-refractivity contribution >= 4 is 17.7 Å². The van der Waals surface area contributed by atoms with Crippen molar-refractivity contribution in [2.75, 3.05) is 38.5 Å². The number of benzene rings is 1. The molecule has 3 N–H and O–H groups in total. The number of aromatic hydroxyl groups is 1. The Morgan fingerprint density at radius 1 is 1.19 bits per heavy atom. The van der Waals surface area contributed by atoms with Crippen LogP contribution in [0.3, 0.4) is 0 Å². The summed E-state index contributed by atoms with van der Waals surface area (Å²) in [7, 11) is 2.00. The summed E-state index contributed by atoms with van der Waals surface area (Å²) in [5, 5.41) is 21.1. The quantitative estimate of drug-likeness (QED) is 0.714. The zero-order chi connectivity index (χ0) is 15.4. The largest absolute Gasteiger partial charge is 0.508 e.